The minimum atomic E-state index is -0.735. The van der Waals surface area contributed by atoms with Crippen molar-refractivity contribution in [2.75, 3.05) is 19.6 Å². The van der Waals surface area contributed by atoms with Crippen LogP contribution in [0.3, 0.4) is 0 Å². The molecule has 0 rings (SSSR count). The molecule has 0 aliphatic carbocycles. The van der Waals surface area contributed by atoms with Crippen molar-refractivity contribution in [1.29, 1.82) is 0 Å². The molecule has 0 amide bonds. The number of carboxylic acid groups (broad SMARTS) is 1. The Morgan fingerprint density at radius 1 is 0.778 bits per heavy atom. The summed E-state index contributed by atoms with van der Waals surface area (Å²) in [6.45, 7) is 10.7. The van der Waals surface area contributed by atoms with Crippen molar-refractivity contribution in [3.63, 3.8) is 0 Å². The third kappa shape index (κ3) is 11.7. The fourth-order valence-corrected chi connectivity index (χ4v) is 4.04. The van der Waals surface area contributed by atoms with Crippen molar-refractivity contribution in [2.24, 2.45) is 0 Å². The number of quaternary nitrogens is 1. The smallest absolute Gasteiger partial charge is 0.362 e. The monoisotopic (exact) mass is 386 g/mol. The molecule has 0 aromatic heterocycles. The lowest BCUT2D eigenvalue weighted by Crippen LogP contribution is -2.61. The van der Waals surface area contributed by atoms with Gasteiger partial charge in [0.2, 0.25) is 0 Å². The van der Waals surface area contributed by atoms with Gasteiger partial charge in [0.1, 0.15) is 12.6 Å². The first-order chi connectivity index (χ1) is 12.9. The van der Waals surface area contributed by atoms with Crippen molar-refractivity contribution in [3.05, 3.63) is 0 Å². The minimum absolute atomic E-state index is 0.388. The maximum absolute atomic E-state index is 11.8. The molecule has 0 spiro atoms. The summed E-state index contributed by atoms with van der Waals surface area (Å²) in [7, 11) is 0. The fraction of sp³-hybridized carbons (Fsp3) is 0.957. The second-order valence-corrected chi connectivity index (χ2v) is 8.49. The van der Waals surface area contributed by atoms with E-state index in [1.54, 1.807) is 0 Å². The number of hydrogen-bond acceptors (Lipinski definition) is 2. The van der Waals surface area contributed by atoms with Gasteiger partial charge in [-0.05, 0) is 26.2 Å². The molecule has 0 aliphatic heterocycles. The Hall–Kier alpha value is -0.610. The number of hydrogen-bond donors (Lipinski definition) is 2. The van der Waals surface area contributed by atoms with E-state index in [9.17, 15) is 15.0 Å². The van der Waals surface area contributed by atoms with Gasteiger partial charge in [0, 0.05) is 0 Å². The highest BCUT2D eigenvalue weighted by Crippen LogP contribution is 2.21. The molecule has 0 heterocycles. The van der Waals surface area contributed by atoms with E-state index in [1.165, 1.54) is 44.9 Å². The number of unbranched alkanes of at least 4 members (excludes halogenated alkanes) is 9. The highest BCUT2D eigenvalue weighted by Gasteiger charge is 2.39. The lowest BCUT2D eigenvalue weighted by atomic mass is 10.0. The number of nitrogens with zero attached hydrogens (tertiary/aromatic N) is 1. The Labute approximate surface area is 168 Å². The number of aliphatic hydroxyl groups is 1. The Morgan fingerprint density at radius 3 is 1.67 bits per heavy atom. The summed E-state index contributed by atoms with van der Waals surface area (Å²) in [5.74, 6) is -0.735. The van der Waals surface area contributed by atoms with Crippen molar-refractivity contribution in [1.82, 2.24) is 0 Å². The van der Waals surface area contributed by atoms with Gasteiger partial charge >= 0.3 is 5.97 Å². The molecule has 0 fully saturated rings. The topological polar surface area (TPSA) is 57.5 Å². The van der Waals surface area contributed by atoms with Gasteiger partial charge in [-0.25, -0.2) is 4.79 Å². The van der Waals surface area contributed by atoms with Gasteiger partial charge < -0.3 is 14.7 Å². The van der Waals surface area contributed by atoms with Crippen LogP contribution in [0.5, 0.6) is 0 Å². The van der Waals surface area contributed by atoms with Gasteiger partial charge in [0.25, 0.3) is 0 Å². The molecule has 4 heteroatoms. The number of carboxylic acids is 1. The van der Waals surface area contributed by atoms with E-state index >= 15 is 0 Å². The first kappa shape index (κ1) is 26.4. The van der Waals surface area contributed by atoms with Crippen molar-refractivity contribution >= 4 is 5.97 Å². The molecular weight excluding hydrogens is 338 g/mol. The predicted octanol–water partition coefficient (Wildman–Crippen LogP) is 5.77. The largest absolute Gasteiger partial charge is 0.477 e. The standard InChI is InChI=1S/C23H47NO3/c1-5-8-11-12-13-14-15-16-17-22(25)20-24(18-9-6-2,19-10-7-3)21(4)23(26)27/h21-22,25H,5-20H2,1-4H3/p+1. The van der Waals surface area contributed by atoms with Crippen LogP contribution in [0.15, 0.2) is 0 Å². The predicted molar refractivity (Wildman–Crippen MR) is 115 cm³/mol. The van der Waals surface area contributed by atoms with Gasteiger partial charge in [-0.15, -0.1) is 0 Å². The van der Waals surface area contributed by atoms with E-state index in [0.29, 0.717) is 11.0 Å². The maximum atomic E-state index is 11.8. The Morgan fingerprint density at radius 2 is 1.22 bits per heavy atom. The lowest BCUT2D eigenvalue weighted by Gasteiger charge is -2.43. The second-order valence-electron chi connectivity index (χ2n) is 8.49. The van der Waals surface area contributed by atoms with Crippen LogP contribution in [0.4, 0.5) is 0 Å². The quantitative estimate of drug-likeness (QED) is 0.219. The summed E-state index contributed by atoms with van der Waals surface area (Å²) < 4.78 is 0.537. The SMILES string of the molecule is CCCCCCCCCCC(O)C[N+](CCCC)(CCCC)C(C)C(=O)O. The van der Waals surface area contributed by atoms with Crippen LogP contribution < -0.4 is 0 Å². The van der Waals surface area contributed by atoms with Gasteiger partial charge in [0.05, 0.1) is 13.1 Å². The van der Waals surface area contributed by atoms with Crippen LogP contribution in [0.25, 0.3) is 0 Å². The van der Waals surface area contributed by atoms with Crippen LogP contribution in [0.2, 0.25) is 0 Å². The summed E-state index contributed by atoms with van der Waals surface area (Å²) in [6.07, 6.45) is 14.7. The van der Waals surface area contributed by atoms with Crippen LogP contribution >= 0.6 is 0 Å². The molecule has 0 saturated heterocycles. The molecular formula is C23H48NO3+. The lowest BCUT2D eigenvalue weighted by molar-refractivity contribution is -0.944. The van der Waals surface area contributed by atoms with Gasteiger partial charge in [-0.2, -0.15) is 0 Å². The number of rotatable bonds is 19. The molecule has 0 bridgehead atoms. The minimum Gasteiger partial charge on any atom is -0.477 e. The molecule has 2 N–H and O–H groups in total. The van der Waals surface area contributed by atoms with Crippen molar-refractivity contribution < 1.29 is 19.5 Å². The Balaban J connectivity index is 4.53. The fourth-order valence-electron chi connectivity index (χ4n) is 4.04. The van der Waals surface area contributed by atoms with E-state index in [0.717, 1.165) is 51.6 Å². The summed E-state index contributed by atoms with van der Waals surface area (Å²) in [6, 6.07) is -0.448. The molecule has 27 heavy (non-hydrogen) atoms. The molecule has 0 radical (unpaired) electrons. The van der Waals surface area contributed by atoms with E-state index in [1.807, 2.05) is 6.92 Å². The maximum Gasteiger partial charge on any atom is 0.362 e. The average molecular weight is 387 g/mol. The zero-order chi connectivity index (χ0) is 20.5. The second kappa shape index (κ2) is 16.4. The van der Waals surface area contributed by atoms with E-state index in [2.05, 4.69) is 20.8 Å². The molecule has 2 atom stereocenters. The third-order valence-corrected chi connectivity index (χ3v) is 6.06. The molecule has 0 aromatic carbocycles. The van der Waals surface area contributed by atoms with Gasteiger partial charge in [0.15, 0.2) is 6.04 Å². The first-order valence-electron chi connectivity index (χ1n) is 11.7. The summed E-state index contributed by atoms with van der Waals surface area (Å²) in [5, 5.41) is 20.3. The molecule has 2 unspecified atom stereocenters. The van der Waals surface area contributed by atoms with E-state index < -0.39 is 12.0 Å². The van der Waals surface area contributed by atoms with E-state index in [4.69, 9.17) is 0 Å². The Bertz CT molecular complexity index is 352. The summed E-state index contributed by atoms with van der Waals surface area (Å²) >= 11 is 0. The van der Waals surface area contributed by atoms with Gasteiger partial charge in [-0.1, -0.05) is 85.0 Å². The zero-order valence-electron chi connectivity index (χ0n) is 18.7. The number of aliphatic carboxylic acids is 1. The number of aliphatic hydroxyl groups excluding tert-OH is 1. The van der Waals surface area contributed by atoms with Crippen LogP contribution in [-0.2, 0) is 4.79 Å². The zero-order valence-corrected chi connectivity index (χ0v) is 18.7. The highest BCUT2D eigenvalue weighted by molar-refractivity contribution is 5.71. The normalized spacial score (nSPS) is 14.3. The molecule has 4 nitrogen and oxygen atoms in total. The average Bonchev–Trinajstić information content (AvgIpc) is 2.65. The van der Waals surface area contributed by atoms with Crippen molar-refractivity contribution in [3.8, 4) is 0 Å². The summed E-state index contributed by atoms with van der Waals surface area (Å²) in [5.41, 5.74) is 0. The summed E-state index contributed by atoms with van der Waals surface area (Å²) in [4.78, 5) is 11.8. The van der Waals surface area contributed by atoms with Crippen LogP contribution in [-0.4, -0.2) is 52.4 Å². The molecule has 0 aromatic rings. The molecule has 0 aliphatic rings. The van der Waals surface area contributed by atoms with Gasteiger partial charge in [-0.3, -0.25) is 0 Å². The van der Waals surface area contributed by atoms with Crippen molar-refractivity contribution in [2.45, 2.75) is 123 Å². The Kier molecular flexibility index (Phi) is 16.0. The third-order valence-electron chi connectivity index (χ3n) is 6.06. The molecule has 0 saturated carbocycles. The molecule has 162 valence electrons. The highest BCUT2D eigenvalue weighted by atomic mass is 16.4. The van der Waals surface area contributed by atoms with E-state index in [-0.39, 0.29) is 6.10 Å². The number of carbonyl (C=O) groups is 1. The van der Waals surface area contributed by atoms with Crippen LogP contribution in [0, 0.1) is 0 Å². The van der Waals surface area contributed by atoms with Crippen LogP contribution in [0.1, 0.15) is 111 Å². The first-order valence-corrected chi connectivity index (χ1v) is 11.7.